The maximum atomic E-state index is 13.6. The molecule has 2 N–H and O–H groups in total. The maximum absolute atomic E-state index is 13.6. The molecule has 0 heterocycles. The van der Waals surface area contributed by atoms with Gasteiger partial charge in [0.05, 0.1) is 12.1 Å². The second-order valence-corrected chi connectivity index (χ2v) is 5.85. The Labute approximate surface area is 142 Å². The van der Waals surface area contributed by atoms with Crippen LogP contribution in [0, 0.1) is 5.82 Å². The molecule has 0 saturated carbocycles. The number of carbonyl (C=O) groups is 2. The van der Waals surface area contributed by atoms with Gasteiger partial charge in [0.2, 0.25) is 11.8 Å². The summed E-state index contributed by atoms with van der Waals surface area (Å²) in [6.07, 6.45) is 0.347. The van der Waals surface area contributed by atoms with Crippen molar-refractivity contribution in [2.24, 2.45) is 0 Å². The molecule has 0 spiro atoms. The van der Waals surface area contributed by atoms with Crippen LogP contribution in [-0.2, 0) is 16.0 Å². The van der Waals surface area contributed by atoms with Crippen molar-refractivity contribution < 1.29 is 14.0 Å². The standard InChI is InChI=1S/C17H16BrFN2O2/c18-13-6-7-15(14(19)11-13)21-16(22)8-9-20-17(23)10-12-4-2-1-3-5-12/h1-7,11H,8-10H2,(H,20,23)(H,21,22). The number of hydrogen-bond acceptors (Lipinski definition) is 2. The smallest absolute Gasteiger partial charge is 0.226 e. The summed E-state index contributed by atoms with van der Waals surface area (Å²) in [5.41, 5.74) is 1.03. The van der Waals surface area contributed by atoms with Gasteiger partial charge in [-0.25, -0.2) is 4.39 Å². The molecule has 0 aromatic heterocycles. The molecule has 23 heavy (non-hydrogen) atoms. The summed E-state index contributed by atoms with van der Waals surface area (Å²) in [5.74, 6) is -1.02. The van der Waals surface area contributed by atoms with Crippen molar-refractivity contribution in [1.82, 2.24) is 5.32 Å². The lowest BCUT2D eigenvalue weighted by Gasteiger charge is -2.08. The number of anilines is 1. The van der Waals surface area contributed by atoms with Crippen LogP contribution in [0.25, 0.3) is 0 Å². The van der Waals surface area contributed by atoms with Crippen LogP contribution in [0.4, 0.5) is 10.1 Å². The first-order valence-electron chi connectivity index (χ1n) is 7.10. The lowest BCUT2D eigenvalue weighted by Crippen LogP contribution is -2.29. The van der Waals surface area contributed by atoms with Crippen molar-refractivity contribution >= 4 is 33.4 Å². The minimum Gasteiger partial charge on any atom is -0.355 e. The Kier molecular flexibility index (Phi) is 6.29. The third-order valence-corrected chi connectivity index (χ3v) is 3.58. The van der Waals surface area contributed by atoms with E-state index >= 15 is 0 Å². The number of nitrogens with one attached hydrogen (secondary N) is 2. The Morgan fingerprint density at radius 3 is 2.48 bits per heavy atom. The summed E-state index contributed by atoms with van der Waals surface area (Å²) in [6.45, 7) is 0.204. The molecule has 2 rings (SSSR count). The van der Waals surface area contributed by atoms with Crippen molar-refractivity contribution in [3.8, 4) is 0 Å². The number of hydrogen-bond donors (Lipinski definition) is 2. The van der Waals surface area contributed by atoms with Crippen LogP contribution < -0.4 is 10.6 Å². The first kappa shape index (κ1) is 17.1. The highest BCUT2D eigenvalue weighted by Gasteiger charge is 2.08. The zero-order chi connectivity index (χ0) is 16.7. The summed E-state index contributed by atoms with van der Waals surface area (Å²) in [5, 5.41) is 5.15. The lowest BCUT2D eigenvalue weighted by atomic mass is 10.1. The van der Waals surface area contributed by atoms with Gasteiger partial charge in [0.25, 0.3) is 0 Å². The molecule has 0 fully saturated rings. The van der Waals surface area contributed by atoms with E-state index < -0.39 is 5.82 Å². The van der Waals surface area contributed by atoms with Crippen LogP contribution in [0.2, 0.25) is 0 Å². The predicted molar refractivity (Wildman–Crippen MR) is 90.5 cm³/mol. The van der Waals surface area contributed by atoms with E-state index in [0.29, 0.717) is 4.47 Å². The van der Waals surface area contributed by atoms with E-state index in [2.05, 4.69) is 26.6 Å². The van der Waals surface area contributed by atoms with E-state index in [-0.39, 0.29) is 36.9 Å². The fourth-order valence-corrected chi connectivity index (χ4v) is 2.30. The fourth-order valence-electron chi connectivity index (χ4n) is 1.96. The molecular weight excluding hydrogens is 363 g/mol. The first-order chi connectivity index (χ1) is 11.0. The van der Waals surface area contributed by atoms with Crippen LogP contribution in [0.3, 0.4) is 0 Å². The van der Waals surface area contributed by atoms with Crippen LogP contribution in [0.1, 0.15) is 12.0 Å². The molecule has 0 radical (unpaired) electrons. The van der Waals surface area contributed by atoms with Crippen molar-refractivity contribution in [3.63, 3.8) is 0 Å². The maximum Gasteiger partial charge on any atom is 0.226 e. The van der Waals surface area contributed by atoms with E-state index in [1.165, 1.54) is 12.1 Å². The minimum atomic E-state index is -0.513. The highest BCUT2D eigenvalue weighted by atomic mass is 79.9. The number of benzene rings is 2. The molecule has 4 nitrogen and oxygen atoms in total. The molecule has 0 aliphatic carbocycles. The molecule has 0 atom stereocenters. The summed E-state index contributed by atoms with van der Waals surface area (Å²) in [6, 6.07) is 13.7. The molecule has 2 aromatic rings. The van der Waals surface area contributed by atoms with Gasteiger partial charge in [-0.3, -0.25) is 9.59 Å². The van der Waals surface area contributed by atoms with Gasteiger partial charge in [0, 0.05) is 17.4 Å². The second kappa shape index (κ2) is 8.43. The highest BCUT2D eigenvalue weighted by Crippen LogP contribution is 2.19. The minimum absolute atomic E-state index is 0.0794. The molecule has 120 valence electrons. The van der Waals surface area contributed by atoms with E-state index in [4.69, 9.17) is 0 Å². The largest absolute Gasteiger partial charge is 0.355 e. The van der Waals surface area contributed by atoms with Gasteiger partial charge in [-0.1, -0.05) is 46.3 Å². The molecule has 0 unspecified atom stereocenters. The zero-order valence-corrected chi connectivity index (χ0v) is 13.9. The molecule has 6 heteroatoms. The summed E-state index contributed by atoms with van der Waals surface area (Å²) >= 11 is 3.15. The Morgan fingerprint density at radius 1 is 1.04 bits per heavy atom. The van der Waals surface area contributed by atoms with Gasteiger partial charge < -0.3 is 10.6 Å². The molecule has 0 aliphatic rings. The van der Waals surface area contributed by atoms with Gasteiger partial charge in [-0.2, -0.15) is 0 Å². The van der Waals surface area contributed by atoms with Crippen LogP contribution in [0.5, 0.6) is 0 Å². The number of carbonyl (C=O) groups excluding carboxylic acids is 2. The van der Waals surface area contributed by atoms with Gasteiger partial charge in [0.15, 0.2) is 0 Å². The summed E-state index contributed by atoms with van der Waals surface area (Å²) in [4.78, 5) is 23.5. The zero-order valence-electron chi connectivity index (χ0n) is 12.3. The Bertz CT molecular complexity index is 692. The van der Waals surface area contributed by atoms with E-state index in [0.717, 1.165) is 5.56 Å². The quantitative estimate of drug-likeness (QED) is 0.810. The van der Waals surface area contributed by atoms with E-state index in [1.807, 2.05) is 30.3 Å². The number of halogens is 2. The predicted octanol–water partition coefficient (Wildman–Crippen LogP) is 3.28. The summed E-state index contributed by atoms with van der Waals surface area (Å²) in [7, 11) is 0. The van der Waals surface area contributed by atoms with Gasteiger partial charge in [-0.15, -0.1) is 0 Å². The average molecular weight is 379 g/mol. The Morgan fingerprint density at radius 2 is 1.78 bits per heavy atom. The highest BCUT2D eigenvalue weighted by molar-refractivity contribution is 9.10. The van der Waals surface area contributed by atoms with Crippen molar-refractivity contribution in [2.45, 2.75) is 12.8 Å². The third-order valence-electron chi connectivity index (χ3n) is 3.09. The molecular formula is C17H16BrFN2O2. The van der Waals surface area contributed by atoms with E-state index in [9.17, 15) is 14.0 Å². The molecule has 0 aliphatic heterocycles. The SMILES string of the molecule is O=C(Cc1ccccc1)NCCC(=O)Nc1ccc(Br)cc1F. The Balaban J connectivity index is 1.73. The van der Waals surface area contributed by atoms with Crippen LogP contribution in [-0.4, -0.2) is 18.4 Å². The van der Waals surface area contributed by atoms with E-state index in [1.54, 1.807) is 6.07 Å². The third kappa shape index (κ3) is 5.83. The van der Waals surface area contributed by atoms with Crippen molar-refractivity contribution in [1.29, 1.82) is 0 Å². The summed E-state index contributed by atoms with van der Waals surface area (Å²) < 4.78 is 14.2. The van der Waals surface area contributed by atoms with Crippen LogP contribution in [0.15, 0.2) is 53.0 Å². The normalized spacial score (nSPS) is 10.2. The van der Waals surface area contributed by atoms with Gasteiger partial charge in [0.1, 0.15) is 5.82 Å². The Hall–Kier alpha value is -2.21. The number of amides is 2. The monoisotopic (exact) mass is 378 g/mol. The van der Waals surface area contributed by atoms with Gasteiger partial charge >= 0.3 is 0 Å². The van der Waals surface area contributed by atoms with Gasteiger partial charge in [-0.05, 0) is 23.8 Å². The first-order valence-corrected chi connectivity index (χ1v) is 7.89. The fraction of sp³-hybridized carbons (Fsp3) is 0.176. The number of rotatable bonds is 6. The lowest BCUT2D eigenvalue weighted by molar-refractivity contribution is -0.120. The van der Waals surface area contributed by atoms with Crippen molar-refractivity contribution in [3.05, 3.63) is 64.4 Å². The van der Waals surface area contributed by atoms with Crippen molar-refractivity contribution in [2.75, 3.05) is 11.9 Å². The average Bonchev–Trinajstić information content (AvgIpc) is 2.51. The molecule has 2 aromatic carbocycles. The molecule has 0 bridgehead atoms. The second-order valence-electron chi connectivity index (χ2n) is 4.93. The van der Waals surface area contributed by atoms with Crippen LogP contribution >= 0.6 is 15.9 Å². The molecule has 2 amide bonds. The topological polar surface area (TPSA) is 58.2 Å². The molecule has 0 saturated heterocycles.